The van der Waals surface area contributed by atoms with Crippen molar-refractivity contribution < 1.29 is 9.32 Å². The van der Waals surface area contributed by atoms with Crippen molar-refractivity contribution in [3.63, 3.8) is 0 Å². The van der Waals surface area contributed by atoms with Gasteiger partial charge < -0.3 is 15.6 Å². The number of nitrogens with one attached hydrogen (secondary N) is 1. The van der Waals surface area contributed by atoms with Crippen LogP contribution in [0, 0.1) is 5.41 Å². The zero-order chi connectivity index (χ0) is 12.9. The van der Waals surface area contributed by atoms with E-state index in [4.69, 9.17) is 22.5 Å². The summed E-state index contributed by atoms with van der Waals surface area (Å²) in [7, 11) is 0. The van der Waals surface area contributed by atoms with E-state index in [1.54, 1.807) is 6.07 Å². The maximum atomic E-state index is 12.1. The molecular weight excluding hydrogens is 238 g/mol. The molecule has 0 aliphatic rings. The van der Waals surface area contributed by atoms with E-state index < -0.39 is 5.41 Å². The summed E-state index contributed by atoms with van der Waals surface area (Å²) in [5.74, 6) is 0.439. The molecular formula is C11H17N3O2S. The molecule has 0 aliphatic carbocycles. The van der Waals surface area contributed by atoms with Crippen LogP contribution in [-0.4, -0.2) is 16.1 Å². The second-order valence-corrected chi connectivity index (χ2v) is 4.25. The lowest BCUT2D eigenvalue weighted by Crippen LogP contribution is -2.48. The molecule has 1 heterocycles. The summed E-state index contributed by atoms with van der Waals surface area (Å²) in [4.78, 5) is 12.4. The third kappa shape index (κ3) is 2.82. The van der Waals surface area contributed by atoms with Crippen LogP contribution in [0.1, 0.15) is 32.4 Å². The van der Waals surface area contributed by atoms with Crippen LogP contribution < -0.4 is 11.1 Å². The second-order valence-electron chi connectivity index (χ2n) is 3.81. The Labute approximate surface area is 106 Å². The minimum Gasteiger partial charge on any atom is -0.392 e. The average Bonchev–Trinajstić information content (AvgIpc) is 2.81. The molecule has 17 heavy (non-hydrogen) atoms. The SMILES string of the molecule is CCC(CC)(C(=O)NCc1ccno1)C(N)=S. The Kier molecular flexibility index (Phi) is 4.62. The van der Waals surface area contributed by atoms with Crippen LogP contribution in [0.25, 0.3) is 0 Å². The third-order valence-electron chi connectivity index (χ3n) is 3.03. The van der Waals surface area contributed by atoms with Crippen molar-refractivity contribution in [1.29, 1.82) is 0 Å². The maximum absolute atomic E-state index is 12.1. The van der Waals surface area contributed by atoms with Crippen molar-refractivity contribution in [2.24, 2.45) is 11.1 Å². The van der Waals surface area contributed by atoms with Crippen molar-refractivity contribution in [3.05, 3.63) is 18.0 Å². The summed E-state index contributed by atoms with van der Waals surface area (Å²) in [6, 6.07) is 1.70. The van der Waals surface area contributed by atoms with E-state index in [0.717, 1.165) is 0 Å². The van der Waals surface area contributed by atoms with Gasteiger partial charge in [-0.15, -0.1) is 0 Å². The normalized spacial score (nSPS) is 11.2. The third-order valence-corrected chi connectivity index (χ3v) is 3.42. The molecule has 1 rings (SSSR count). The summed E-state index contributed by atoms with van der Waals surface area (Å²) in [5.41, 5.74) is 4.91. The first-order valence-corrected chi connectivity index (χ1v) is 5.95. The topological polar surface area (TPSA) is 81.2 Å². The van der Waals surface area contributed by atoms with Crippen molar-refractivity contribution >= 4 is 23.1 Å². The second kappa shape index (κ2) is 5.77. The van der Waals surface area contributed by atoms with E-state index in [2.05, 4.69) is 10.5 Å². The first-order chi connectivity index (χ1) is 8.06. The van der Waals surface area contributed by atoms with Gasteiger partial charge in [0.05, 0.1) is 23.1 Å². The van der Waals surface area contributed by atoms with Crippen molar-refractivity contribution in [2.45, 2.75) is 33.2 Å². The standard InChI is InChI=1S/C11H17N3O2S/c1-3-11(4-2,9(12)17)10(15)13-7-8-5-6-14-16-8/h5-6H,3-4,7H2,1-2H3,(H2,12,17)(H,13,15). The molecule has 0 fully saturated rings. The molecule has 0 unspecified atom stereocenters. The summed E-state index contributed by atoms with van der Waals surface area (Å²) < 4.78 is 4.90. The maximum Gasteiger partial charge on any atom is 0.233 e. The Hall–Kier alpha value is -1.43. The summed E-state index contributed by atoms with van der Waals surface area (Å²) >= 11 is 5.00. The molecule has 0 saturated carbocycles. The van der Waals surface area contributed by atoms with Gasteiger partial charge >= 0.3 is 0 Å². The van der Waals surface area contributed by atoms with Crippen LogP contribution in [0.5, 0.6) is 0 Å². The smallest absolute Gasteiger partial charge is 0.233 e. The lowest BCUT2D eigenvalue weighted by atomic mass is 9.81. The van der Waals surface area contributed by atoms with Crippen LogP contribution in [-0.2, 0) is 11.3 Å². The Bertz CT molecular complexity index is 385. The zero-order valence-electron chi connectivity index (χ0n) is 10.0. The number of carbonyl (C=O) groups excluding carboxylic acids is 1. The number of nitrogens with two attached hydrogens (primary N) is 1. The van der Waals surface area contributed by atoms with Crippen molar-refractivity contribution in [2.75, 3.05) is 0 Å². The quantitative estimate of drug-likeness (QED) is 0.751. The monoisotopic (exact) mass is 255 g/mol. The molecule has 1 aromatic heterocycles. The number of thiocarbonyl (C=S) groups is 1. The fraction of sp³-hybridized carbons (Fsp3) is 0.545. The van der Waals surface area contributed by atoms with Gasteiger partial charge in [0.25, 0.3) is 0 Å². The fourth-order valence-corrected chi connectivity index (χ4v) is 2.08. The van der Waals surface area contributed by atoms with Crippen LogP contribution in [0.3, 0.4) is 0 Å². The van der Waals surface area contributed by atoms with Crippen molar-refractivity contribution in [3.8, 4) is 0 Å². The van der Waals surface area contributed by atoms with Gasteiger partial charge in [-0.05, 0) is 12.8 Å². The zero-order valence-corrected chi connectivity index (χ0v) is 10.8. The fourth-order valence-electron chi connectivity index (χ4n) is 1.70. The number of carbonyl (C=O) groups is 1. The predicted octanol–water partition coefficient (Wildman–Crippen LogP) is 1.38. The molecule has 0 aliphatic heterocycles. The molecule has 0 saturated heterocycles. The first-order valence-electron chi connectivity index (χ1n) is 5.54. The molecule has 0 radical (unpaired) electrons. The van der Waals surface area contributed by atoms with E-state index in [1.807, 2.05) is 13.8 Å². The van der Waals surface area contributed by atoms with Gasteiger partial charge in [-0.3, -0.25) is 4.79 Å². The number of aromatic nitrogens is 1. The molecule has 0 bridgehead atoms. The van der Waals surface area contributed by atoms with Crippen LogP contribution in [0.2, 0.25) is 0 Å². The van der Waals surface area contributed by atoms with Gasteiger partial charge in [-0.25, -0.2) is 0 Å². The highest BCUT2D eigenvalue weighted by Gasteiger charge is 2.37. The molecule has 3 N–H and O–H groups in total. The molecule has 5 nitrogen and oxygen atoms in total. The van der Waals surface area contributed by atoms with Gasteiger partial charge in [-0.2, -0.15) is 0 Å². The minimum absolute atomic E-state index is 0.161. The van der Waals surface area contributed by atoms with E-state index >= 15 is 0 Å². The van der Waals surface area contributed by atoms with Crippen LogP contribution >= 0.6 is 12.2 Å². The van der Waals surface area contributed by atoms with Gasteiger partial charge in [0.15, 0.2) is 5.76 Å². The predicted molar refractivity (Wildman–Crippen MR) is 68.2 cm³/mol. The summed E-state index contributed by atoms with van der Waals surface area (Å²) in [5, 5.41) is 6.33. The van der Waals surface area contributed by atoms with Gasteiger partial charge in [0.2, 0.25) is 5.91 Å². The molecule has 1 amide bonds. The van der Waals surface area contributed by atoms with Gasteiger partial charge in [0, 0.05) is 6.07 Å². The minimum atomic E-state index is -0.768. The Morgan fingerprint density at radius 2 is 2.24 bits per heavy atom. The van der Waals surface area contributed by atoms with E-state index in [-0.39, 0.29) is 10.9 Å². The highest BCUT2D eigenvalue weighted by molar-refractivity contribution is 7.80. The van der Waals surface area contributed by atoms with Gasteiger partial charge in [0.1, 0.15) is 0 Å². The molecule has 6 heteroatoms. The molecule has 0 spiro atoms. The molecule has 94 valence electrons. The number of amides is 1. The highest BCUT2D eigenvalue weighted by atomic mass is 32.1. The lowest BCUT2D eigenvalue weighted by molar-refractivity contribution is -0.128. The van der Waals surface area contributed by atoms with Crippen LogP contribution in [0.4, 0.5) is 0 Å². The van der Waals surface area contributed by atoms with E-state index in [0.29, 0.717) is 25.1 Å². The molecule has 0 atom stereocenters. The Morgan fingerprint density at radius 1 is 1.59 bits per heavy atom. The molecule has 1 aromatic rings. The Morgan fingerprint density at radius 3 is 2.65 bits per heavy atom. The number of hydrogen-bond acceptors (Lipinski definition) is 4. The number of nitrogens with zero attached hydrogens (tertiary/aromatic N) is 1. The Balaban J connectivity index is 2.69. The van der Waals surface area contributed by atoms with Crippen molar-refractivity contribution in [1.82, 2.24) is 10.5 Å². The van der Waals surface area contributed by atoms with Crippen LogP contribution in [0.15, 0.2) is 16.8 Å². The number of hydrogen-bond donors (Lipinski definition) is 2. The highest BCUT2D eigenvalue weighted by Crippen LogP contribution is 2.27. The average molecular weight is 255 g/mol. The van der Waals surface area contributed by atoms with E-state index in [1.165, 1.54) is 6.20 Å². The van der Waals surface area contributed by atoms with E-state index in [9.17, 15) is 4.79 Å². The summed E-state index contributed by atoms with van der Waals surface area (Å²) in [6.45, 7) is 4.09. The summed E-state index contributed by atoms with van der Waals surface area (Å²) in [6.07, 6.45) is 2.70. The lowest BCUT2D eigenvalue weighted by Gasteiger charge is -2.28. The number of rotatable bonds is 6. The molecule has 0 aromatic carbocycles. The van der Waals surface area contributed by atoms with Gasteiger partial charge in [-0.1, -0.05) is 31.2 Å². The largest absolute Gasteiger partial charge is 0.392 e. The first kappa shape index (κ1) is 13.6.